The third kappa shape index (κ3) is 2.82. The van der Waals surface area contributed by atoms with Crippen molar-refractivity contribution in [1.82, 2.24) is 19.4 Å². The molecule has 124 valence electrons. The van der Waals surface area contributed by atoms with Crippen molar-refractivity contribution in [3.63, 3.8) is 0 Å². The van der Waals surface area contributed by atoms with Gasteiger partial charge in [0.15, 0.2) is 0 Å². The summed E-state index contributed by atoms with van der Waals surface area (Å²) >= 11 is 0. The van der Waals surface area contributed by atoms with Crippen LogP contribution in [0, 0.1) is 0 Å². The van der Waals surface area contributed by atoms with Gasteiger partial charge in [-0.25, -0.2) is 9.97 Å². The van der Waals surface area contributed by atoms with Crippen molar-refractivity contribution in [2.24, 2.45) is 0 Å². The normalized spacial score (nSPS) is 17.0. The molecule has 0 spiro atoms. The van der Waals surface area contributed by atoms with Gasteiger partial charge in [-0.15, -0.1) is 0 Å². The van der Waals surface area contributed by atoms with E-state index < -0.39 is 0 Å². The molecule has 0 bridgehead atoms. The highest BCUT2D eigenvalue weighted by Gasteiger charge is 2.23. The second-order valence-corrected chi connectivity index (χ2v) is 6.93. The Bertz CT molecular complexity index is 828. The fourth-order valence-corrected chi connectivity index (χ4v) is 3.65. The maximum atomic E-state index is 4.96. The number of hydrogen-bond donors (Lipinski definition) is 0. The third-order valence-electron chi connectivity index (χ3n) is 5.13. The van der Waals surface area contributed by atoms with Crippen LogP contribution in [0.2, 0.25) is 0 Å². The summed E-state index contributed by atoms with van der Waals surface area (Å²) in [6, 6.07) is 15.2. The maximum absolute atomic E-state index is 4.96. The fourth-order valence-electron chi connectivity index (χ4n) is 3.65. The highest BCUT2D eigenvalue weighted by atomic mass is 15.2. The SMILES string of the molecule is CC(C)N1CCC(c2cccc(-n3cnc4ccccc43)n2)CC1. The maximum Gasteiger partial charge on any atom is 0.138 e. The van der Waals surface area contributed by atoms with Gasteiger partial charge in [0.05, 0.1) is 11.0 Å². The van der Waals surface area contributed by atoms with Crippen LogP contribution in [0.5, 0.6) is 0 Å². The van der Waals surface area contributed by atoms with Crippen molar-refractivity contribution in [2.75, 3.05) is 13.1 Å². The second-order valence-electron chi connectivity index (χ2n) is 6.93. The predicted molar refractivity (Wildman–Crippen MR) is 97.5 cm³/mol. The summed E-state index contributed by atoms with van der Waals surface area (Å²) in [5.41, 5.74) is 3.33. The van der Waals surface area contributed by atoms with Crippen LogP contribution in [0.1, 0.15) is 38.3 Å². The molecule has 1 aliphatic rings. The zero-order valence-electron chi connectivity index (χ0n) is 14.4. The van der Waals surface area contributed by atoms with Crippen molar-refractivity contribution in [2.45, 2.75) is 38.6 Å². The number of pyridine rings is 1. The summed E-state index contributed by atoms with van der Waals surface area (Å²) in [7, 11) is 0. The van der Waals surface area contributed by atoms with Gasteiger partial charge in [-0.3, -0.25) is 4.57 Å². The number of fused-ring (bicyclic) bond motifs is 1. The first kappa shape index (κ1) is 15.3. The van der Waals surface area contributed by atoms with E-state index in [1.165, 1.54) is 31.6 Å². The monoisotopic (exact) mass is 320 g/mol. The van der Waals surface area contributed by atoms with Gasteiger partial charge in [0.1, 0.15) is 12.1 Å². The Balaban J connectivity index is 1.61. The van der Waals surface area contributed by atoms with Crippen molar-refractivity contribution >= 4 is 11.0 Å². The summed E-state index contributed by atoms with van der Waals surface area (Å²) < 4.78 is 2.09. The molecule has 0 amide bonds. The van der Waals surface area contributed by atoms with Gasteiger partial charge in [0.2, 0.25) is 0 Å². The van der Waals surface area contributed by atoms with Gasteiger partial charge in [0.25, 0.3) is 0 Å². The first-order valence-corrected chi connectivity index (χ1v) is 8.86. The molecular weight excluding hydrogens is 296 g/mol. The van der Waals surface area contributed by atoms with Gasteiger partial charge < -0.3 is 4.90 Å². The first-order chi connectivity index (χ1) is 11.7. The number of hydrogen-bond acceptors (Lipinski definition) is 3. The molecule has 0 atom stereocenters. The Morgan fingerprint density at radius 2 is 1.79 bits per heavy atom. The molecule has 0 radical (unpaired) electrons. The molecule has 1 fully saturated rings. The summed E-state index contributed by atoms with van der Waals surface area (Å²) in [4.78, 5) is 12.0. The predicted octanol–water partition coefficient (Wildman–Crippen LogP) is 4.01. The minimum absolute atomic E-state index is 0.565. The Morgan fingerprint density at radius 1 is 1.00 bits per heavy atom. The molecule has 0 saturated carbocycles. The lowest BCUT2D eigenvalue weighted by Gasteiger charge is -2.34. The lowest BCUT2D eigenvalue weighted by atomic mass is 9.92. The van der Waals surface area contributed by atoms with Crippen LogP contribution >= 0.6 is 0 Å². The van der Waals surface area contributed by atoms with Crippen LogP contribution < -0.4 is 0 Å². The molecule has 1 saturated heterocycles. The number of para-hydroxylation sites is 2. The van der Waals surface area contributed by atoms with Gasteiger partial charge in [0, 0.05) is 17.7 Å². The molecular formula is C20H24N4. The summed E-state index contributed by atoms with van der Waals surface area (Å²) in [5.74, 6) is 1.53. The molecule has 4 nitrogen and oxygen atoms in total. The largest absolute Gasteiger partial charge is 0.301 e. The van der Waals surface area contributed by atoms with Crippen LogP contribution in [-0.2, 0) is 0 Å². The Morgan fingerprint density at radius 3 is 2.58 bits per heavy atom. The number of nitrogens with zero attached hydrogens (tertiary/aromatic N) is 4. The lowest BCUT2D eigenvalue weighted by molar-refractivity contribution is 0.171. The standard InChI is InChI=1S/C20H24N4/c1-15(2)23-12-10-16(11-13-23)17-7-5-9-20(22-17)24-14-21-18-6-3-4-8-19(18)24/h3-9,14-16H,10-13H2,1-2H3. The molecule has 4 rings (SSSR count). The van der Waals surface area contributed by atoms with E-state index in [0.29, 0.717) is 12.0 Å². The molecule has 0 N–H and O–H groups in total. The fraction of sp³-hybridized carbons (Fsp3) is 0.400. The smallest absolute Gasteiger partial charge is 0.138 e. The number of likely N-dealkylation sites (tertiary alicyclic amines) is 1. The summed E-state index contributed by atoms with van der Waals surface area (Å²) in [6.45, 7) is 6.90. The summed E-state index contributed by atoms with van der Waals surface area (Å²) in [5, 5.41) is 0. The van der Waals surface area contributed by atoms with Crippen LogP contribution in [0.4, 0.5) is 0 Å². The minimum Gasteiger partial charge on any atom is -0.301 e. The molecule has 24 heavy (non-hydrogen) atoms. The van der Waals surface area contributed by atoms with E-state index in [2.05, 4.69) is 52.6 Å². The van der Waals surface area contributed by atoms with E-state index in [-0.39, 0.29) is 0 Å². The van der Waals surface area contributed by atoms with E-state index in [0.717, 1.165) is 16.9 Å². The van der Waals surface area contributed by atoms with E-state index in [1.807, 2.05) is 24.5 Å². The van der Waals surface area contributed by atoms with Crippen molar-refractivity contribution < 1.29 is 0 Å². The van der Waals surface area contributed by atoms with Crippen molar-refractivity contribution in [3.05, 3.63) is 54.5 Å². The molecule has 2 aromatic heterocycles. The Labute approximate surface area is 143 Å². The van der Waals surface area contributed by atoms with Gasteiger partial charge in [-0.1, -0.05) is 18.2 Å². The highest BCUT2D eigenvalue weighted by Crippen LogP contribution is 2.28. The van der Waals surface area contributed by atoms with Crippen LogP contribution in [0.3, 0.4) is 0 Å². The molecule has 3 aromatic rings. The van der Waals surface area contributed by atoms with Crippen LogP contribution in [0.15, 0.2) is 48.8 Å². The number of rotatable bonds is 3. The van der Waals surface area contributed by atoms with Crippen LogP contribution in [-0.4, -0.2) is 38.6 Å². The van der Waals surface area contributed by atoms with E-state index >= 15 is 0 Å². The second kappa shape index (κ2) is 6.36. The molecule has 1 aliphatic heterocycles. The van der Waals surface area contributed by atoms with Crippen molar-refractivity contribution in [1.29, 1.82) is 0 Å². The van der Waals surface area contributed by atoms with Gasteiger partial charge >= 0.3 is 0 Å². The van der Waals surface area contributed by atoms with E-state index in [1.54, 1.807) is 0 Å². The van der Waals surface area contributed by atoms with Gasteiger partial charge in [-0.05, 0) is 64.0 Å². The summed E-state index contributed by atoms with van der Waals surface area (Å²) in [6.07, 6.45) is 4.26. The molecule has 0 unspecified atom stereocenters. The minimum atomic E-state index is 0.565. The van der Waals surface area contributed by atoms with Crippen LogP contribution in [0.25, 0.3) is 16.9 Å². The number of benzene rings is 1. The first-order valence-electron chi connectivity index (χ1n) is 8.86. The number of imidazole rings is 1. The van der Waals surface area contributed by atoms with E-state index in [4.69, 9.17) is 4.98 Å². The molecule has 4 heteroatoms. The average molecular weight is 320 g/mol. The average Bonchev–Trinajstić information content (AvgIpc) is 3.06. The highest BCUT2D eigenvalue weighted by molar-refractivity contribution is 5.76. The van der Waals surface area contributed by atoms with E-state index in [9.17, 15) is 0 Å². The lowest BCUT2D eigenvalue weighted by Crippen LogP contribution is -2.38. The Kier molecular flexibility index (Phi) is 4.07. The molecule has 0 aliphatic carbocycles. The van der Waals surface area contributed by atoms with Crippen molar-refractivity contribution in [3.8, 4) is 5.82 Å². The number of piperidine rings is 1. The number of aromatic nitrogens is 3. The zero-order valence-corrected chi connectivity index (χ0v) is 14.4. The molecule has 1 aromatic carbocycles. The zero-order chi connectivity index (χ0) is 16.5. The van der Waals surface area contributed by atoms with Gasteiger partial charge in [-0.2, -0.15) is 0 Å². The quantitative estimate of drug-likeness (QED) is 0.731. The third-order valence-corrected chi connectivity index (χ3v) is 5.13. The molecule has 3 heterocycles. The topological polar surface area (TPSA) is 34.0 Å². The Hall–Kier alpha value is -2.20.